The third-order valence-corrected chi connectivity index (χ3v) is 9.48. The van der Waals surface area contributed by atoms with Crippen LogP contribution in [0.2, 0.25) is 0 Å². The molecule has 0 aliphatic heterocycles. The average Bonchev–Trinajstić information content (AvgIpc) is 2.45. The van der Waals surface area contributed by atoms with E-state index in [9.17, 15) is 0 Å². The Labute approximate surface area is 117 Å². The number of hydrogen-bond donors (Lipinski definition) is 0. The van der Waals surface area contributed by atoms with E-state index in [0.29, 0.717) is 0 Å². The van der Waals surface area contributed by atoms with E-state index in [1.54, 1.807) is 0 Å². The summed E-state index contributed by atoms with van der Waals surface area (Å²) in [6.45, 7) is 0. The van der Waals surface area contributed by atoms with Gasteiger partial charge in [-0.15, -0.1) is 0 Å². The van der Waals surface area contributed by atoms with Crippen LogP contribution in [0.1, 0.15) is 11.1 Å². The van der Waals surface area contributed by atoms with Crippen LogP contribution < -0.4 is 8.92 Å². The fourth-order valence-corrected chi connectivity index (χ4v) is 8.27. The summed E-state index contributed by atoms with van der Waals surface area (Å²) in [6.07, 6.45) is 0. The first-order valence-electron chi connectivity index (χ1n) is 5.18. The van der Waals surface area contributed by atoms with E-state index in [1.807, 2.05) is 48.5 Å². The Hall–Kier alpha value is -1.54. The van der Waals surface area contributed by atoms with Gasteiger partial charge in [0, 0.05) is 0 Å². The molecule has 0 radical (unpaired) electrons. The molecule has 18 heavy (non-hydrogen) atoms. The zero-order chi connectivity index (χ0) is 12.8. The number of nitriles is 2. The molecule has 0 saturated heterocycles. The Morgan fingerprint density at radius 1 is 0.667 bits per heavy atom. The molecular formula is C14H8N2Se2. The summed E-state index contributed by atoms with van der Waals surface area (Å²) < 4.78 is 2.25. The van der Waals surface area contributed by atoms with Crippen molar-refractivity contribution in [3.63, 3.8) is 0 Å². The van der Waals surface area contributed by atoms with Crippen molar-refractivity contribution in [3.05, 3.63) is 59.7 Å². The Morgan fingerprint density at radius 3 is 1.44 bits per heavy atom. The van der Waals surface area contributed by atoms with Crippen LogP contribution in [0.25, 0.3) is 0 Å². The van der Waals surface area contributed by atoms with E-state index < -0.39 is 0 Å². The zero-order valence-electron chi connectivity index (χ0n) is 9.33. The molecule has 86 valence electrons. The fraction of sp³-hybridized carbons (Fsp3) is 0. The minimum atomic E-state index is 0.242. The van der Waals surface area contributed by atoms with Crippen molar-refractivity contribution < 1.29 is 0 Å². The summed E-state index contributed by atoms with van der Waals surface area (Å²) in [5.41, 5.74) is 1.52. The third kappa shape index (κ3) is 3.02. The normalized spacial score (nSPS) is 9.44. The first-order valence-corrected chi connectivity index (χ1v) is 11.2. The Morgan fingerprint density at radius 2 is 1.06 bits per heavy atom. The van der Waals surface area contributed by atoms with Crippen LogP contribution in [0.15, 0.2) is 48.5 Å². The minimum absolute atomic E-state index is 0.242. The summed E-state index contributed by atoms with van der Waals surface area (Å²) in [5, 5.41) is 18.1. The van der Waals surface area contributed by atoms with Crippen LogP contribution in [-0.4, -0.2) is 26.3 Å². The van der Waals surface area contributed by atoms with Crippen LogP contribution in [0.4, 0.5) is 0 Å². The number of hydrogen-bond acceptors (Lipinski definition) is 2. The van der Waals surface area contributed by atoms with E-state index in [2.05, 4.69) is 12.1 Å². The van der Waals surface area contributed by atoms with Crippen LogP contribution in [0.5, 0.6) is 0 Å². The van der Waals surface area contributed by atoms with E-state index >= 15 is 0 Å². The molecule has 0 amide bonds. The van der Waals surface area contributed by atoms with Crippen molar-refractivity contribution in [2.45, 2.75) is 0 Å². The molecule has 0 spiro atoms. The van der Waals surface area contributed by atoms with Gasteiger partial charge in [-0.3, -0.25) is 0 Å². The summed E-state index contributed by atoms with van der Waals surface area (Å²) >= 11 is 0.485. The van der Waals surface area contributed by atoms with Crippen LogP contribution >= 0.6 is 0 Å². The molecular weight excluding hydrogens is 354 g/mol. The molecule has 0 aromatic heterocycles. The van der Waals surface area contributed by atoms with E-state index in [-0.39, 0.29) is 26.3 Å². The molecule has 2 aromatic carbocycles. The van der Waals surface area contributed by atoms with Gasteiger partial charge >= 0.3 is 118 Å². The molecule has 0 unspecified atom stereocenters. The van der Waals surface area contributed by atoms with Gasteiger partial charge in [-0.25, -0.2) is 0 Å². The van der Waals surface area contributed by atoms with Gasteiger partial charge in [-0.05, 0) is 0 Å². The topological polar surface area (TPSA) is 47.6 Å². The Kier molecular flexibility index (Phi) is 4.59. The van der Waals surface area contributed by atoms with Crippen LogP contribution in [-0.2, 0) is 0 Å². The van der Waals surface area contributed by atoms with Gasteiger partial charge in [-0.2, -0.15) is 0 Å². The van der Waals surface area contributed by atoms with Crippen molar-refractivity contribution in [1.29, 1.82) is 10.5 Å². The number of rotatable bonds is 3. The Balaban J connectivity index is 2.18. The molecule has 2 rings (SSSR count). The molecule has 0 aliphatic rings. The van der Waals surface area contributed by atoms with Crippen molar-refractivity contribution >= 4 is 35.2 Å². The van der Waals surface area contributed by atoms with Crippen LogP contribution in [0, 0.1) is 22.7 Å². The van der Waals surface area contributed by atoms with Crippen LogP contribution in [0.3, 0.4) is 0 Å². The predicted octanol–water partition coefficient (Wildman–Crippen LogP) is 0.704. The summed E-state index contributed by atoms with van der Waals surface area (Å²) in [6, 6.07) is 19.9. The monoisotopic (exact) mass is 364 g/mol. The first-order chi connectivity index (χ1) is 8.85. The molecule has 0 bridgehead atoms. The standard InChI is InChI=1S/C14H8N2Se2/c15-9-11-5-1-3-7-13(11)17-18-14-8-4-2-6-12(14)10-16/h1-8H. The van der Waals surface area contributed by atoms with Gasteiger partial charge in [-0.1, -0.05) is 0 Å². The molecule has 2 aromatic rings. The second-order valence-corrected chi connectivity index (χ2v) is 9.56. The second kappa shape index (κ2) is 6.41. The summed E-state index contributed by atoms with van der Waals surface area (Å²) in [5.74, 6) is 0. The molecule has 0 heterocycles. The van der Waals surface area contributed by atoms with Gasteiger partial charge in [0.05, 0.1) is 0 Å². The second-order valence-electron chi connectivity index (χ2n) is 3.38. The maximum absolute atomic E-state index is 9.03. The SMILES string of the molecule is N#Cc1ccccc1[Se][Se]c1ccccc1C#N. The predicted molar refractivity (Wildman–Crippen MR) is 73.1 cm³/mol. The molecule has 0 atom stereocenters. The van der Waals surface area contributed by atoms with Gasteiger partial charge in [0.25, 0.3) is 0 Å². The average molecular weight is 362 g/mol. The van der Waals surface area contributed by atoms with Crippen molar-refractivity contribution in [1.82, 2.24) is 0 Å². The van der Waals surface area contributed by atoms with E-state index in [1.165, 1.54) is 0 Å². The summed E-state index contributed by atoms with van der Waals surface area (Å²) in [7, 11) is 0. The van der Waals surface area contributed by atoms with E-state index in [0.717, 1.165) is 20.1 Å². The third-order valence-electron chi connectivity index (χ3n) is 2.24. The fourth-order valence-electron chi connectivity index (χ4n) is 1.35. The maximum atomic E-state index is 9.03. The van der Waals surface area contributed by atoms with Crippen molar-refractivity contribution in [3.8, 4) is 12.1 Å². The quantitative estimate of drug-likeness (QED) is 0.755. The molecule has 2 nitrogen and oxygen atoms in total. The van der Waals surface area contributed by atoms with Crippen molar-refractivity contribution in [2.24, 2.45) is 0 Å². The first kappa shape index (κ1) is 12.9. The Bertz CT molecular complexity index is 581. The zero-order valence-corrected chi connectivity index (χ0v) is 12.8. The van der Waals surface area contributed by atoms with Gasteiger partial charge in [0.2, 0.25) is 0 Å². The number of benzene rings is 2. The molecule has 0 saturated carbocycles. The van der Waals surface area contributed by atoms with Gasteiger partial charge < -0.3 is 0 Å². The van der Waals surface area contributed by atoms with Crippen molar-refractivity contribution in [2.75, 3.05) is 0 Å². The van der Waals surface area contributed by atoms with Gasteiger partial charge in [0.1, 0.15) is 0 Å². The summed E-state index contributed by atoms with van der Waals surface area (Å²) in [4.78, 5) is 0. The van der Waals surface area contributed by atoms with Gasteiger partial charge in [0.15, 0.2) is 0 Å². The molecule has 0 fully saturated rings. The molecule has 0 aliphatic carbocycles. The molecule has 4 heteroatoms. The van der Waals surface area contributed by atoms with E-state index in [4.69, 9.17) is 10.5 Å². The number of nitrogens with zero attached hydrogens (tertiary/aromatic N) is 2. The molecule has 0 N–H and O–H groups in total.